The predicted octanol–water partition coefficient (Wildman–Crippen LogP) is 2.97. The van der Waals surface area contributed by atoms with Crippen molar-refractivity contribution in [1.82, 2.24) is 20.1 Å². The van der Waals surface area contributed by atoms with Crippen molar-refractivity contribution in [2.75, 3.05) is 18.8 Å². The van der Waals surface area contributed by atoms with Crippen LogP contribution in [-0.4, -0.2) is 33.6 Å². The van der Waals surface area contributed by atoms with Crippen LogP contribution in [0.1, 0.15) is 62.7 Å². The van der Waals surface area contributed by atoms with Crippen LogP contribution in [-0.2, 0) is 0 Å². The molecule has 2 heterocycles. The molecule has 1 aliphatic heterocycles. The Bertz CT molecular complexity index is 458. The molecule has 0 spiro atoms. The first-order valence-corrected chi connectivity index (χ1v) is 9.18. The maximum Gasteiger partial charge on any atom is 0.191 e. The molecule has 1 unspecified atom stereocenters. The number of nitrogens with zero attached hydrogens (tertiary/aromatic N) is 3. The van der Waals surface area contributed by atoms with Gasteiger partial charge in [0.25, 0.3) is 0 Å². The zero-order chi connectivity index (χ0) is 13.4. The smallest absolute Gasteiger partial charge is 0.191 e. The van der Waals surface area contributed by atoms with E-state index in [0.717, 1.165) is 17.9 Å². The van der Waals surface area contributed by atoms with E-state index in [4.69, 9.17) is 0 Å². The quantitative estimate of drug-likeness (QED) is 0.819. The van der Waals surface area contributed by atoms with Crippen molar-refractivity contribution in [3.63, 3.8) is 0 Å². The Labute approximate surface area is 125 Å². The first kappa shape index (κ1) is 13.1. The Morgan fingerprint density at radius 2 is 2.05 bits per heavy atom. The number of thioether (sulfide) groups is 1. The van der Waals surface area contributed by atoms with Gasteiger partial charge in [-0.2, -0.15) is 0 Å². The second-order valence-electron chi connectivity index (χ2n) is 6.57. The van der Waals surface area contributed by atoms with E-state index in [-0.39, 0.29) is 0 Å². The summed E-state index contributed by atoms with van der Waals surface area (Å²) in [7, 11) is 0. The zero-order valence-corrected chi connectivity index (χ0v) is 12.9. The van der Waals surface area contributed by atoms with Gasteiger partial charge in [-0.15, -0.1) is 10.2 Å². The van der Waals surface area contributed by atoms with Gasteiger partial charge in [0.2, 0.25) is 0 Å². The van der Waals surface area contributed by atoms with Gasteiger partial charge in [-0.05, 0) is 64.0 Å². The fraction of sp³-hybridized carbons (Fsp3) is 0.867. The highest BCUT2D eigenvalue weighted by Crippen LogP contribution is 2.46. The Morgan fingerprint density at radius 3 is 2.75 bits per heavy atom. The van der Waals surface area contributed by atoms with Crippen molar-refractivity contribution >= 4 is 11.8 Å². The molecule has 0 amide bonds. The summed E-state index contributed by atoms with van der Waals surface area (Å²) in [5.74, 6) is 4.08. The molecule has 4 nitrogen and oxygen atoms in total. The van der Waals surface area contributed by atoms with E-state index in [1.165, 1.54) is 74.8 Å². The van der Waals surface area contributed by atoms with Crippen LogP contribution in [0.4, 0.5) is 0 Å². The van der Waals surface area contributed by atoms with E-state index < -0.39 is 0 Å². The summed E-state index contributed by atoms with van der Waals surface area (Å²) < 4.78 is 2.47. The summed E-state index contributed by atoms with van der Waals surface area (Å²) in [5, 5.41) is 13.7. The molecule has 0 radical (unpaired) electrons. The van der Waals surface area contributed by atoms with Crippen LogP contribution < -0.4 is 5.32 Å². The molecule has 3 fully saturated rings. The first-order chi connectivity index (χ1) is 9.92. The SMILES string of the molecule is C1CNCC(CCSc2nnc(C3CC3)n2C2CC2)C1. The van der Waals surface area contributed by atoms with E-state index in [2.05, 4.69) is 20.1 Å². The van der Waals surface area contributed by atoms with E-state index in [0.29, 0.717) is 0 Å². The largest absolute Gasteiger partial charge is 0.316 e. The molecule has 1 N–H and O–H groups in total. The standard InChI is InChI=1S/C15H24N4S/c1-2-11(10-16-8-1)7-9-20-15-18-17-14(12-3-4-12)19(15)13-5-6-13/h11-13,16H,1-10H2. The average molecular weight is 292 g/mol. The predicted molar refractivity (Wildman–Crippen MR) is 81.2 cm³/mol. The van der Waals surface area contributed by atoms with Crippen LogP contribution in [0.25, 0.3) is 0 Å². The summed E-state index contributed by atoms with van der Waals surface area (Å²) in [6, 6.07) is 0.722. The highest BCUT2D eigenvalue weighted by Gasteiger charge is 2.36. The van der Waals surface area contributed by atoms with Gasteiger partial charge in [0, 0.05) is 17.7 Å². The topological polar surface area (TPSA) is 42.7 Å². The van der Waals surface area contributed by atoms with Crippen molar-refractivity contribution < 1.29 is 0 Å². The lowest BCUT2D eigenvalue weighted by atomic mass is 9.97. The minimum atomic E-state index is 0.722. The lowest BCUT2D eigenvalue weighted by Crippen LogP contribution is -2.29. The van der Waals surface area contributed by atoms with E-state index in [1.54, 1.807) is 0 Å². The van der Waals surface area contributed by atoms with Crippen molar-refractivity contribution in [2.45, 2.75) is 62.1 Å². The van der Waals surface area contributed by atoms with Gasteiger partial charge in [0.05, 0.1) is 0 Å². The number of piperidine rings is 1. The molecule has 5 heteroatoms. The number of hydrogen-bond acceptors (Lipinski definition) is 4. The Morgan fingerprint density at radius 1 is 1.15 bits per heavy atom. The second-order valence-corrected chi connectivity index (χ2v) is 7.63. The molecular formula is C15H24N4S. The fourth-order valence-electron chi connectivity index (χ4n) is 3.17. The molecule has 1 aromatic rings. The van der Waals surface area contributed by atoms with Crippen molar-refractivity contribution in [1.29, 1.82) is 0 Å². The number of aromatic nitrogens is 3. The third kappa shape index (κ3) is 2.89. The molecule has 0 aromatic carbocycles. The van der Waals surface area contributed by atoms with Gasteiger partial charge in [0.1, 0.15) is 5.82 Å². The van der Waals surface area contributed by atoms with Crippen molar-refractivity contribution in [3.8, 4) is 0 Å². The summed E-state index contributed by atoms with van der Waals surface area (Å²) in [4.78, 5) is 0. The minimum Gasteiger partial charge on any atom is -0.316 e. The van der Waals surface area contributed by atoms with Crippen LogP contribution in [0, 0.1) is 5.92 Å². The Kier molecular flexibility index (Phi) is 3.73. The molecule has 110 valence electrons. The molecule has 1 aromatic heterocycles. The minimum absolute atomic E-state index is 0.722. The molecule has 3 aliphatic rings. The normalized spacial score (nSPS) is 26.9. The van der Waals surface area contributed by atoms with Gasteiger partial charge in [0.15, 0.2) is 5.16 Å². The highest BCUT2D eigenvalue weighted by molar-refractivity contribution is 7.99. The zero-order valence-electron chi connectivity index (χ0n) is 12.1. The third-order valence-corrected chi connectivity index (χ3v) is 5.68. The first-order valence-electron chi connectivity index (χ1n) is 8.20. The maximum absolute atomic E-state index is 4.48. The molecule has 1 saturated heterocycles. The van der Waals surface area contributed by atoms with Gasteiger partial charge >= 0.3 is 0 Å². The number of nitrogens with one attached hydrogen (secondary N) is 1. The van der Waals surface area contributed by atoms with Crippen LogP contribution in [0.3, 0.4) is 0 Å². The summed E-state index contributed by atoms with van der Waals surface area (Å²) in [5.41, 5.74) is 0. The Hall–Kier alpha value is -0.550. The molecular weight excluding hydrogens is 268 g/mol. The van der Waals surface area contributed by atoms with Gasteiger partial charge in [-0.1, -0.05) is 11.8 Å². The van der Waals surface area contributed by atoms with Crippen molar-refractivity contribution in [3.05, 3.63) is 5.82 Å². The summed E-state index contributed by atoms with van der Waals surface area (Å²) in [6.45, 7) is 2.42. The summed E-state index contributed by atoms with van der Waals surface area (Å²) >= 11 is 1.94. The van der Waals surface area contributed by atoms with Gasteiger partial charge < -0.3 is 9.88 Å². The van der Waals surface area contributed by atoms with Crippen LogP contribution in [0.5, 0.6) is 0 Å². The highest BCUT2D eigenvalue weighted by atomic mass is 32.2. The molecule has 2 aliphatic carbocycles. The van der Waals surface area contributed by atoms with Gasteiger partial charge in [-0.25, -0.2) is 0 Å². The van der Waals surface area contributed by atoms with Crippen LogP contribution in [0.2, 0.25) is 0 Å². The van der Waals surface area contributed by atoms with Crippen molar-refractivity contribution in [2.24, 2.45) is 5.92 Å². The molecule has 4 rings (SSSR count). The lowest BCUT2D eigenvalue weighted by molar-refractivity contribution is 0.371. The van der Waals surface area contributed by atoms with Gasteiger partial charge in [-0.3, -0.25) is 0 Å². The van der Waals surface area contributed by atoms with Crippen LogP contribution in [0.15, 0.2) is 5.16 Å². The van der Waals surface area contributed by atoms with E-state index >= 15 is 0 Å². The second kappa shape index (κ2) is 5.68. The molecule has 2 saturated carbocycles. The van der Waals surface area contributed by atoms with E-state index in [1.807, 2.05) is 11.8 Å². The monoisotopic (exact) mass is 292 g/mol. The molecule has 1 atom stereocenters. The fourth-order valence-corrected chi connectivity index (χ4v) is 4.28. The molecule has 20 heavy (non-hydrogen) atoms. The average Bonchev–Trinajstić information content (AvgIpc) is 3.40. The van der Waals surface area contributed by atoms with Crippen LogP contribution >= 0.6 is 11.8 Å². The lowest BCUT2D eigenvalue weighted by Gasteiger charge is -2.22. The van der Waals surface area contributed by atoms with E-state index in [9.17, 15) is 0 Å². The summed E-state index contributed by atoms with van der Waals surface area (Å²) in [6.07, 6.45) is 9.37. The maximum atomic E-state index is 4.48. The third-order valence-electron chi connectivity index (χ3n) is 4.70. The number of hydrogen-bond donors (Lipinski definition) is 1. The molecule has 0 bridgehead atoms. The Balaban J connectivity index is 1.36. The number of rotatable bonds is 6.